The molecule has 0 aliphatic carbocycles. The molecule has 0 amide bonds. The normalized spacial score (nSPS) is 16.8. The topological polar surface area (TPSA) is 65.0 Å². The SMILES string of the molecule is COc1ccc(CC2(C(=O)O)COC2)c(OC)c1. The van der Waals surface area contributed by atoms with Crippen LogP contribution < -0.4 is 9.47 Å². The molecular weight excluding hydrogens is 236 g/mol. The minimum atomic E-state index is -0.827. The molecule has 98 valence electrons. The lowest BCUT2D eigenvalue weighted by Crippen LogP contribution is -2.50. The summed E-state index contributed by atoms with van der Waals surface area (Å²) in [7, 11) is 3.13. The Labute approximate surface area is 105 Å². The molecule has 0 spiro atoms. The average Bonchev–Trinajstić information content (AvgIpc) is 2.33. The van der Waals surface area contributed by atoms with E-state index in [1.807, 2.05) is 6.07 Å². The van der Waals surface area contributed by atoms with Gasteiger partial charge in [0.1, 0.15) is 16.9 Å². The van der Waals surface area contributed by atoms with Crippen molar-refractivity contribution in [2.45, 2.75) is 6.42 Å². The second-order valence-corrected chi connectivity index (χ2v) is 4.43. The number of aliphatic carboxylic acids is 1. The number of rotatable bonds is 5. The van der Waals surface area contributed by atoms with Crippen LogP contribution in [0.2, 0.25) is 0 Å². The summed E-state index contributed by atoms with van der Waals surface area (Å²) in [5, 5.41) is 9.26. The van der Waals surface area contributed by atoms with Gasteiger partial charge in [-0.15, -0.1) is 0 Å². The standard InChI is InChI=1S/C13H16O5/c1-16-10-4-3-9(11(5-10)17-2)6-13(12(14)15)7-18-8-13/h3-5H,6-8H2,1-2H3,(H,14,15). The highest BCUT2D eigenvalue weighted by molar-refractivity contribution is 5.76. The third-order valence-electron chi connectivity index (χ3n) is 3.23. The number of benzene rings is 1. The lowest BCUT2D eigenvalue weighted by atomic mass is 9.79. The quantitative estimate of drug-likeness (QED) is 0.856. The lowest BCUT2D eigenvalue weighted by molar-refractivity contribution is -0.179. The van der Waals surface area contributed by atoms with Crippen molar-refractivity contribution < 1.29 is 24.1 Å². The summed E-state index contributed by atoms with van der Waals surface area (Å²) in [5.41, 5.74) is 0.0333. The number of carbonyl (C=O) groups is 1. The molecule has 1 aliphatic rings. The van der Waals surface area contributed by atoms with Gasteiger partial charge in [-0.2, -0.15) is 0 Å². The number of hydrogen-bond acceptors (Lipinski definition) is 4. The summed E-state index contributed by atoms with van der Waals surface area (Å²) < 4.78 is 15.4. The minimum Gasteiger partial charge on any atom is -0.497 e. The monoisotopic (exact) mass is 252 g/mol. The molecule has 5 nitrogen and oxygen atoms in total. The van der Waals surface area contributed by atoms with Gasteiger partial charge in [-0.1, -0.05) is 6.07 Å². The van der Waals surface area contributed by atoms with E-state index in [1.54, 1.807) is 26.4 Å². The summed E-state index contributed by atoms with van der Waals surface area (Å²) >= 11 is 0. The minimum absolute atomic E-state index is 0.248. The fourth-order valence-corrected chi connectivity index (χ4v) is 2.01. The molecule has 1 aromatic carbocycles. The van der Waals surface area contributed by atoms with Crippen molar-refractivity contribution in [3.8, 4) is 11.5 Å². The van der Waals surface area contributed by atoms with Gasteiger partial charge in [0.25, 0.3) is 0 Å². The molecule has 18 heavy (non-hydrogen) atoms. The van der Waals surface area contributed by atoms with Crippen LogP contribution in [-0.4, -0.2) is 38.5 Å². The molecular formula is C13H16O5. The van der Waals surface area contributed by atoms with Crippen molar-refractivity contribution in [3.63, 3.8) is 0 Å². The zero-order valence-electron chi connectivity index (χ0n) is 10.4. The molecule has 1 aliphatic heterocycles. The van der Waals surface area contributed by atoms with Gasteiger partial charge in [-0.05, 0) is 18.1 Å². The van der Waals surface area contributed by atoms with Crippen LogP contribution in [0, 0.1) is 5.41 Å². The van der Waals surface area contributed by atoms with Crippen LogP contribution >= 0.6 is 0 Å². The predicted octanol–water partition coefficient (Wildman–Crippen LogP) is 1.35. The number of carboxylic acid groups (broad SMARTS) is 1. The lowest BCUT2D eigenvalue weighted by Gasteiger charge is -2.37. The van der Waals surface area contributed by atoms with E-state index in [1.165, 1.54) is 0 Å². The molecule has 1 heterocycles. The second-order valence-electron chi connectivity index (χ2n) is 4.43. The molecule has 0 bridgehead atoms. The summed E-state index contributed by atoms with van der Waals surface area (Å²) in [6.45, 7) is 0.495. The van der Waals surface area contributed by atoms with Crippen molar-refractivity contribution in [2.24, 2.45) is 5.41 Å². The Morgan fingerprint density at radius 2 is 2.11 bits per heavy atom. The molecule has 5 heteroatoms. The Balaban J connectivity index is 2.25. The Kier molecular flexibility index (Phi) is 3.43. The van der Waals surface area contributed by atoms with E-state index in [9.17, 15) is 9.90 Å². The van der Waals surface area contributed by atoms with Crippen molar-refractivity contribution in [1.82, 2.24) is 0 Å². The van der Waals surface area contributed by atoms with E-state index < -0.39 is 11.4 Å². The van der Waals surface area contributed by atoms with Crippen LogP contribution in [0.5, 0.6) is 11.5 Å². The highest BCUT2D eigenvalue weighted by atomic mass is 16.5. The Morgan fingerprint density at radius 3 is 2.56 bits per heavy atom. The van der Waals surface area contributed by atoms with Gasteiger partial charge in [0.05, 0.1) is 27.4 Å². The maximum atomic E-state index is 11.3. The summed E-state index contributed by atoms with van der Waals surface area (Å²) in [5.74, 6) is 0.498. The highest BCUT2D eigenvalue weighted by Gasteiger charge is 2.46. The average molecular weight is 252 g/mol. The third-order valence-corrected chi connectivity index (χ3v) is 3.23. The first-order valence-corrected chi connectivity index (χ1v) is 5.63. The van der Waals surface area contributed by atoms with Gasteiger partial charge >= 0.3 is 5.97 Å². The molecule has 1 fully saturated rings. The molecule has 0 atom stereocenters. The Morgan fingerprint density at radius 1 is 1.39 bits per heavy atom. The predicted molar refractivity (Wildman–Crippen MR) is 64.1 cm³/mol. The number of methoxy groups -OCH3 is 2. The number of ether oxygens (including phenoxy) is 3. The first-order chi connectivity index (χ1) is 8.61. The third kappa shape index (κ3) is 2.13. The molecule has 1 saturated heterocycles. The Bertz CT molecular complexity index is 451. The van der Waals surface area contributed by atoms with E-state index in [-0.39, 0.29) is 13.2 Å². The van der Waals surface area contributed by atoms with Crippen molar-refractivity contribution in [3.05, 3.63) is 23.8 Å². The zero-order valence-corrected chi connectivity index (χ0v) is 10.4. The van der Waals surface area contributed by atoms with E-state index >= 15 is 0 Å². The van der Waals surface area contributed by atoms with Gasteiger partial charge in [0, 0.05) is 6.07 Å². The maximum Gasteiger partial charge on any atom is 0.314 e. The maximum absolute atomic E-state index is 11.3. The van der Waals surface area contributed by atoms with Crippen molar-refractivity contribution in [1.29, 1.82) is 0 Å². The second kappa shape index (κ2) is 4.86. The van der Waals surface area contributed by atoms with Gasteiger partial charge in [0.15, 0.2) is 0 Å². The van der Waals surface area contributed by atoms with Crippen molar-refractivity contribution >= 4 is 5.97 Å². The van der Waals surface area contributed by atoms with E-state index in [4.69, 9.17) is 14.2 Å². The van der Waals surface area contributed by atoms with E-state index in [2.05, 4.69) is 0 Å². The molecule has 2 rings (SSSR count). The molecule has 1 N–H and O–H groups in total. The van der Waals surface area contributed by atoms with Crippen LogP contribution in [0.4, 0.5) is 0 Å². The number of carboxylic acids is 1. The Hall–Kier alpha value is -1.75. The smallest absolute Gasteiger partial charge is 0.314 e. The van der Waals surface area contributed by atoms with Crippen molar-refractivity contribution in [2.75, 3.05) is 27.4 Å². The van der Waals surface area contributed by atoms with Crippen LogP contribution in [0.1, 0.15) is 5.56 Å². The molecule has 0 aromatic heterocycles. The van der Waals surface area contributed by atoms with Gasteiger partial charge < -0.3 is 19.3 Å². The first kappa shape index (κ1) is 12.7. The summed E-state index contributed by atoms with van der Waals surface area (Å²) in [4.78, 5) is 11.3. The summed E-state index contributed by atoms with van der Waals surface area (Å²) in [6.07, 6.45) is 0.398. The van der Waals surface area contributed by atoms with E-state index in [0.717, 1.165) is 5.56 Å². The van der Waals surface area contributed by atoms with Crippen LogP contribution in [-0.2, 0) is 16.0 Å². The van der Waals surface area contributed by atoms with Crippen LogP contribution in [0.15, 0.2) is 18.2 Å². The fraction of sp³-hybridized carbons (Fsp3) is 0.462. The first-order valence-electron chi connectivity index (χ1n) is 5.63. The molecule has 0 saturated carbocycles. The van der Waals surface area contributed by atoms with Gasteiger partial charge in [-0.25, -0.2) is 0 Å². The molecule has 0 radical (unpaired) electrons. The van der Waals surface area contributed by atoms with E-state index in [0.29, 0.717) is 17.9 Å². The zero-order chi connectivity index (χ0) is 13.2. The van der Waals surface area contributed by atoms with Crippen LogP contribution in [0.25, 0.3) is 0 Å². The van der Waals surface area contributed by atoms with Gasteiger partial charge in [-0.3, -0.25) is 4.79 Å². The molecule has 1 aromatic rings. The molecule has 0 unspecified atom stereocenters. The fourth-order valence-electron chi connectivity index (χ4n) is 2.01. The largest absolute Gasteiger partial charge is 0.497 e. The van der Waals surface area contributed by atoms with Gasteiger partial charge in [0.2, 0.25) is 0 Å². The highest BCUT2D eigenvalue weighted by Crippen LogP contribution is 2.36. The summed E-state index contributed by atoms with van der Waals surface area (Å²) in [6, 6.07) is 5.39. The van der Waals surface area contributed by atoms with Crippen LogP contribution in [0.3, 0.4) is 0 Å². The number of hydrogen-bond donors (Lipinski definition) is 1.